The zero-order chi connectivity index (χ0) is 11.0. The fourth-order valence-corrected chi connectivity index (χ4v) is 1.99. The Morgan fingerprint density at radius 2 is 2.27 bits per heavy atom. The van der Waals surface area contributed by atoms with Crippen molar-refractivity contribution < 1.29 is 9.53 Å². The molecule has 0 saturated carbocycles. The molecular formula is C9H8BrN3O2. The SMILES string of the molecule is COC(=O)c1nc2cncc(Br)c2n1C. The van der Waals surface area contributed by atoms with Gasteiger partial charge < -0.3 is 9.30 Å². The molecule has 2 aromatic heterocycles. The van der Waals surface area contributed by atoms with E-state index >= 15 is 0 Å². The van der Waals surface area contributed by atoms with Gasteiger partial charge in [-0.05, 0) is 15.9 Å². The average molecular weight is 270 g/mol. The lowest BCUT2D eigenvalue weighted by Crippen LogP contribution is -2.08. The van der Waals surface area contributed by atoms with Crippen LogP contribution in [0.4, 0.5) is 0 Å². The Hall–Kier alpha value is -1.43. The van der Waals surface area contributed by atoms with Crippen LogP contribution in [-0.2, 0) is 11.8 Å². The maximum absolute atomic E-state index is 11.4. The summed E-state index contributed by atoms with van der Waals surface area (Å²) in [4.78, 5) is 19.5. The van der Waals surface area contributed by atoms with Crippen LogP contribution >= 0.6 is 15.9 Å². The van der Waals surface area contributed by atoms with Crippen LogP contribution < -0.4 is 0 Å². The molecule has 0 atom stereocenters. The van der Waals surface area contributed by atoms with Gasteiger partial charge in [0.15, 0.2) is 0 Å². The van der Waals surface area contributed by atoms with Crippen LogP contribution in [0.3, 0.4) is 0 Å². The summed E-state index contributed by atoms with van der Waals surface area (Å²) < 4.78 is 7.10. The predicted molar refractivity (Wildman–Crippen MR) is 57.5 cm³/mol. The molecule has 0 spiro atoms. The van der Waals surface area contributed by atoms with Crippen LogP contribution in [-0.4, -0.2) is 27.6 Å². The number of ether oxygens (including phenoxy) is 1. The first-order chi connectivity index (χ1) is 7.15. The van der Waals surface area contributed by atoms with Gasteiger partial charge in [0.25, 0.3) is 0 Å². The molecule has 78 valence electrons. The number of halogens is 1. The second-order valence-corrected chi connectivity index (χ2v) is 3.83. The highest BCUT2D eigenvalue weighted by Crippen LogP contribution is 2.22. The van der Waals surface area contributed by atoms with Gasteiger partial charge >= 0.3 is 5.97 Å². The first-order valence-electron chi connectivity index (χ1n) is 4.19. The van der Waals surface area contributed by atoms with E-state index in [0.29, 0.717) is 5.52 Å². The van der Waals surface area contributed by atoms with E-state index in [4.69, 9.17) is 0 Å². The molecule has 0 N–H and O–H groups in total. The highest BCUT2D eigenvalue weighted by atomic mass is 79.9. The van der Waals surface area contributed by atoms with Crippen LogP contribution in [0.2, 0.25) is 0 Å². The second kappa shape index (κ2) is 3.62. The Kier molecular flexibility index (Phi) is 2.44. The van der Waals surface area contributed by atoms with Crippen molar-refractivity contribution in [1.29, 1.82) is 0 Å². The lowest BCUT2D eigenvalue weighted by atomic mass is 10.4. The lowest BCUT2D eigenvalue weighted by Gasteiger charge is -2.00. The van der Waals surface area contributed by atoms with E-state index in [-0.39, 0.29) is 5.82 Å². The van der Waals surface area contributed by atoms with E-state index in [9.17, 15) is 4.79 Å². The van der Waals surface area contributed by atoms with Crippen molar-refractivity contribution in [3.63, 3.8) is 0 Å². The second-order valence-electron chi connectivity index (χ2n) is 2.98. The van der Waals surface area contributed by atoms with E-state index in [2.05, 4.69) is 30.6 Å². The Bertz CT molecular complexity index is 535. The Balaban J connectivity index is 2.75. The van der Waals surface area contributed by atoms with Gasteiger partial charge in [-0.25, -0.2) is 9.78 Å². The molecule has 0 unspecified atom stereocenters. The van der Waals surface area contributed by atoms with Crippen LogP contribution in [0.15, 0.2) is 16.9 Å². The number of esters is 1. The minimum atomic E-state index is -0.458. The summed E-state index contributed by atoms with van der Waals surface area (Å²) in [6.45, 7) is 0. The van der Waals surface area contributed by atoms with Crippen molar-refractivity contribution in [2.75, 3.05) is 7.11 Å². The van der Waals surface area contributed by atoms with Gasteiger partial charge in [0, 0.05) is 13.2 Å². The molecule has 5 nitrogen and oxygen atoms in total. The third kappa shape index (κ3) is 1.50. The van der Waals surface area contributed by atoms with Crippen LogP contribution in [0.1, 0.15) is 10.6 Å². The topological polar surface area (TPSA) is 57.0 Å². The summed E-state index contributed by atoms with van der Waals surface area (Å²) >= 11 is 3.36. The number of hydrogen-bond acceptors (Lipinski definition) is 4. The summed E-state index contributed by atoms with van der Waals surface area (Å²) in [6.07, 6.45) is 3.26. The van der Waals surface area contributed by atoms with E-state index in [1.165, 1.54) is 7.11 Å². The Morgan fingerprint density at radius 3 is 2.87 bits per heavy atom. The molecule has 6 heteroatoms. The monoisotopic (exact) mass is 269 g/mol. The molecule has 2 heterocycles. The molecule has 0 amide bonds. The summed E-state index contributed by atoms with van der Waals surface area (Å²) in [5.74, 6) is -0.193. The molecule has 0 aromatic carbocycles. The van der Waals surface area contributed by atoms with Gasteiger partial charge in [0.2, 0.25) is 5.82 Å². The van der Waals surface area contributed by atoms with E-state index in [1.807, 2.05) is 0 Å². The molecule has 0 radical (unpaired) electrons. The van der Waals surface area contributed by atoms with Crippen molar-refractivity contribution in [3.8, 4) is 0 Å². The van der Waals surface area contributed by atoms with Gasteiger partial charge in [0.1, 0.15) is 5.52 Å². The number of aromatic nitrogens is 3. The molecule has 0 bridgehead atoms. The van der Waals surface area contributed by atoms with Crippen molar-refractivity contribution in [3.05, 3.63) is 22.7 Å². The molecule has 15 heavy (non-hydrogen) atoms. The molecule has 2 rings (SSSR count). The number of aryl methyl sites for hydroxylation is 1. The normalized spacial score (nSPS) is 10.6. The van der Waals surface area contributed by atoms with E-state index < -0.39 is 5.97 Å². The molecule has 0 aliphatic carbocycles. The number of hydrogen-bond donors (Lipinski definition) is 0. The quantitative estimate of drug-likeness (QED) is 0.737. The number of fused-ring (bicyclic) bond motifs is 1. The zero-order valence-electron chi connectivity index (χ0n) is 8.19. The lowest BCUT2D eigenvalue weighted by molar-refractivity contribution is 0.0583. The predicted octanol–water partition coefficient (Wildman–Crippen LogP) is 1.52. The average Bonchev–Trinajstić information content (AvgIpc) is 2.56. The molecular weight excluding hydrogens is 262 g/mol. The van der Waals surface area contributed by atoms with Gasteiger partial charge in [-0.1, -0.05) is 0 Å². The van der Waals surface area contributed by atoms with Crippen molar-refractivity contribution in [1.82, 2.24) is 14.5 Å². The highest BCUT2D eigenvalue weighted by molar-refractivity contribution is 9.10. The number of carbonyl (C=O) groups excluding carboxylic acids is 1. The van der Waals surface area contributed by atoms with Gasteiger partial charge in [-0.2, -0.15) is 0 Å². The highest BCUT2D eigenvalue weighted by Gasteiger charge is 2.17. The zero-order valence-corrected chi connectivity index (χ0v) is 9.78. The first-order valence-corrected chi connectivity index (χ1v) is 4.98. The number of nitrogens with zero attached hydrogens (tertiary/aromatic N) is 3. The minimum absolute atomic E-state index is 0.265. The van der Waals surface area contributed by atoms with Gasteiger partial charge in [0.05, 0.1) is 23.3 Å². The molecule has 0 aliphatic heterocycles. The number of carbonyl (C=O) groups is 1. The van der Waals surface area contributed by atoms with Crippen LogP contribution in [0.25, 0.3) is 11.0 Å². The number of pyridine rings is 1. The maximum atomic E-state index is 11.4. The van der Waals surface area contributed by atoms with E-state index in [0.717, 1.165) is 9.99 Å². The van der Waals surface area contributed by atoms with E-state index in [1.54, 1.807) is 24.0 Å². The standard InChI is InChI=1S/C9H8BrN3O2/c1-13-7-5(10)3-11-4-6(7)12-8(13)9(14)15-2/h3-4H,1-2H3. The molecule has 0 saturated heterocycles. The van der Waals surface area contributed by atoms with Gasteiger partial charge in [-0.15, -0.1) is 0 Å². The fraction of sp³-hybridized carbons (Fsp3) is 0.222. The molecule has 0 aliphatic rings. The Labute approximate surface area is 94.2 Å². The van der Waals surface area contributed by atoms with Crippen molar-refractivity contribution >= 4 is 32.9 Å². The summed E-state index contributed by atoms with van der Waals surface area (Å²) in [5.41, 5.74) is 1.48. The summed E-state index contributed by atoms with van der Waals surface area (Å²) in [6, 6.07) is 0. The van der Waals surface area contributed by atoms with Crippen LogP contribution in [0.5, 0.6) is 0 Å². The van der Waals surface area contributed by atoms with Crippen molar-refractivity contribution in [2.45, 2.75) is 0 Å². The summed E-state index contributed by atoms with van der Waals surface area (Å²) in [7, 11) is 3.08. The summed E-state index contributed by atoms with van der Waals surface area (Å²) in [5, 5.41) is 0. The fourth-order valence-electron chi connectivity index (χ4n) is 1.40. The van der Waals surface area contributed by atoms with Crippen LogP contribution in [0, 0.1) is 0 Å². The number of methoxy groups -OCH3 is 1. The maximum Gasteiger partial charge on any atom is 0.374 e. The number of imidazole rings is 1. The third-order valence-electron chi connectivity index (χ3n) is 2.10. The Morgan fingerprint density at radius 1 is 1.53 bits per heavy atom. The third-order valence-corrected chi connectivity index (χ3v) is 2.68. The largest absolute Gasteiger partial charge is 0.463 e. The molecule has 2 aromatic rings. The first kappa shape index (κ1) is 10.1. The minimum Gasteiger partial charge on any atom is -0.463 e. The molecule has 0 fully saturated rings. The van der Waals surface area contributed by atoms with Gasteiger partial charge in [-0.3, -0.25) is 4.98 Å². The smallest absolute Gasteiger partial charge is 0.374 e. The van der Waals surface area contributed by atoms with Crippen molar-refractivity contribution in [2.24, 2.45) is 7.05 Å². The number of rotatable bonds is 1.